The molecule has 0 aliphatic rings. The Morgan fingerprint density at radius 2 is 1.35 bits per heavy atom. The van der Waals surface area contributed by atoms with E-state index in [1.807, 2.05) is 6.92 Å². The van der Waals surface area contributed by atoms with E-state index in [-0.39, 0.29) is 5.56 Å². The van der Waals surface area contributed by atoms with E-state index in [0.717, 1.165) is 17.7 Å². The van der Waals surface area contributed by atoms with Crippen LogP contribution in [0.25, 0.3) is 11.1 Å². The van der Waals surface area contributed by atoms with Gasteiger partial charge in [0.15, 0.2) is 17.5 Å². The van der Waals surface area contributed by atoms with Crippen molar-refractivity contribution >= 4 is 5.69 Å². The maximum absolute atomic E-state index is 13.1. The molecule has 4 heteroatoms. The monoisotopic (exact) mass is 237 g/mol. The third-order valence-corrected chi connectivity index (χ3v) is 2.42. The first-order valence-corrected chi connectivity index (χ1v) is 4.99. The molecule has 1 nitrogen and oxygen atoms in total. The maximum Gasteiger partial charge on any atom is 0.194 e. The van der Waals surface area contributed by atoms with Gasteiger partial charge in [-0.05, 0) is 47.9 Å². The zero-order chi connectivity index (χ0) is 12.6. The van der Waals surface area contributed by atoms with E-state index in [1.165, 1.54) is 0 Å². The second-order valence-corrected chi connectivity index (χ2v) is 3.89. The minimum absolute atomic E-state index is 0.261. The highest BCUT2D eigenvalue weighted by molar-refractivity contribution is 5.68. The van der Waals surface area contributed by atoms with Gasteiger partial charge in [0.25, 0.3) is 0 Å². The van der Waals surface area contributed by atoms with Gasteiger partial charge in [-0.2, -0.15) is 0 Å². The van der Waals surface area contributed by atoms with E-state index in [0.29, 0.717) is 11.3 Å². The predicted molar refractivity (Wildman–Crippen MR) is 60.9 cm³/mol. The molecule has 88 valence electrons. The summed E-state index contributed by atoms with van der Waals surface area (Å²) in [5.41, 5.74) is 7.81. The molecule has 2 aromatic rings. The van der Waals surface area contributed by atoms with Gasteiger partial charge in [-0.15, -0.1) is 0 Å². The van der Waals surface area contributed by atoms with Crippen molar-refractivity contribution in [2.45, 2.75) is 6.92 Å². The van der Waals surface area contributed by atoms with E-state index in [9.17, 15) is 13.2 Å². The first-order chi connectivity index (χ1) is 7.97. The number of benzene rings is 2. The molecule has 0 fully saturated rings. The Labute approximate surface area is 96.7 Å². The summed E-state index contributed by atoms with van der Waals surface area (Å²) >= 11 is 0. The highest BCUT2D eigenvalue weighted by Gasteiger charge is 2.11. The molecule has 0 radical (unpaired) electrons. The average Bonchev–Trinajstić information content (AvgIpc) is 2.23. The summed E-state index contributed by atoms with van der Waals surface area (Å²) < 4.78 is 39.0. The fourth-order valence-electron chi connectivity index (χ4n) is 1.70. The van der Waals surface area contributed by atoms with Crippen LogP contribution < -0.4 is 5.73 Å². The molecule has 2 aromatic carbocycles. The molecule has 2 N–H and O–H groups in total. The lowest BCUT2D eigenvalue weighted by atomic mass is 10.0. The van der Waals surface area contributed by atoms with Crippen molar-refractivity contribution in [2.75, 3.05) is 5.73 Å². The minimum atomic E-state index is -1.46. The molecular formula is C13H10F3N. The first kappa shape index (κ1) is 11.5. The van der Waals surface area contributed by atoms with Crippen LogP contribution in [0.15, 0.2) is 30.3 Å². The van der Waals surface area contributed by atoms with E-state index in [2.05, 4.69) is 0 Å². The van der Waals surface area contributed by atoms with Crippen LogP contribution >= 0.6 is 0 Å². The lowest BCUT2D eigenvalue weighted by Gasteiger charge is -2.06. The van der Waals surface area contributed by atoms with Crippen molar-refractivity contribution in [1.82, 2.24) is 0 Å². The zero-order valence-corrected chi connectivity index (χ0v) is 9.10. The summed E-state index contributed by atoms with van der Waals surface area (Å²) in [6, 6.07) is 6.95. The molecule has 0 aliphatic heterocycles. The van der Waals surface area contributed by atoms with Crippen LogP contribution in [-0.4, -0.2) is 0 Å². The second kappa shape index (κ2) is 4.13. The Morgan fingerprint density at radius 3 is 1.88 bits per heavy atom. The molecular weight excluding hydrogens is 227 g/mol. The van der Waals surface area contributed by atoms with E-state index in [1.54, 1.807) is 18.2 Å². The Balaban J connectivity index is 2.60. The fourth-order valence-corrected chi connectivity index (χ4v) is 1.70. The third-order valence-electron chi connectivity index (χ3n) is 2.42. The number of hydrogen-bond donors (Lipinski definition) is 1. The van der Waals surface area contributed by atoms with Crippen molar-refractivity contribution < 1.29 is 13.2 Å². The van der Waals surface area contributed by atoms with Crippen LogP contribution in [0.2, 0.25) is 0 Å². The van der Waals surface area contributed by atoms with Crippen molar-refractivity contribution in [1.29, 1.82) is 0 Å². The van der Waals surface area contributed by atoms with Gasteiger partial charge >= 0.3 is 0 Å². The third kappa shape index (κ3) is 2.25. The Kier molecular flexibility index (Phi) is 2.79. The normalized spacial score (nSPS) is 10.6. The van der Waals surface area contributed by atoms with Gasteiger partial charge in [0.05, 0.1) is 0 Å². The predicted octanol–water partition coefficient (Wildman–Crippen LogP) is 3.66. The van der Waals surface area contributed by atoms with Crippen LogP contribution in [0.5, 0.6) is 0 Å². The second-order valence-electron chi connectivity index (χ2n) is 3.89. The van der Waals surface area contributed by atoms with E-state index in [4.69, 9.17) is 5.73 Å². The number of hydrogen-bond acceptors (Lipinski definition) is 1. The number of rotatable bonds is 1. The quantitative estimate of drug-likeness (QED) is 0.594. The largest absolute Gasteiger partial charge is 0.399 e. The minimum Gasteiger partial charge on any atom is -0.399 e. The SMILES string of the molecule is Cc1cc(N)cc(-c2cc(F)c(F)c(F)c2)c1. The molecule has 0 bridgehead atoms. The van der Waals surface area contributed by atoms with Gasteiger partial charge in [0.2, 0.25) is 0 Å². The number of aryl methyl sites for hydroxylation is 1. The molecule has 0 aliphatic carbocycles. The van der Waals surface area contributed by atoms with Crippen molar-refractivity contribution in [3.05, 3.63) is 53.3 Å². The molecule has 0 unspecified atom stereocenters. The molecule has 0 aromatic heterocycles. The topological polar surface area (TPSA) is 26.0 Å². The first-order valence-electron chi connectivity index (χ1n) is 4.99. The van der Waals surface area contributed by atoms with Crippen molar-refractivity contribution in [2.24, 2.45) is 0 Å². The van der Waals surface area contributed by atoms with Crippen LogP contribution in [-0.2, 0) is 0 Å². The summed E-state index contributed by atoms with van der Waals surface area (Å²) in [6.45, 7) is 1.82. The molecule has 0 heterocycles. The van der Waals surface area contributed by atoms with Gasteiger partial charge < -0.3 is 5.73 Å². The summed E-state index contributed by atoms with van der Waals surface area (Å²) in [5, 5.41) is 0. The number of anilines is 1. The molecule has 0 amide bonds. The standard InChI is InChI=1S/C13H10F3N/c1-7-2-8(4-10(17)3-7)9-5-11(14)13(16)12(15)6-9/h2-6H,17H2,1H3. The molecule has 0 atom stereocenters. The van der Waals surface area contributed by atoms with Gasteiger partial charge in [-0.1, -0.05) is 6.07 Å². The lowest BCUT2D eigenvalue weighted by molar-refractivity contribution is 0.448. The van der Waals surface area contributed by atoms with Crippen LogP contribution in [0.3, 0.4) is 0 Å². The van der Waals surface area contributed by atoms with Crippen LogP contribution in [0, 0.1) is 24.4 Å². The lowest BCUT2D eigenvalue weighted by Crippen LogP contribution is -1.93. The highest BCUT2D eigenvalue weighted by atomic mass is 19.2. The smallest absolute Gasteiger partial charge is 0.194 e. The molecule has 2 rings (SSSR count). The van der Waals surface area contributed by atoms with Crippen LogP contribution in [0.4, 0.5) is 18.9 Å². The van der Waals surface area contributed by atoms with Gasteiger partial charge in [-0.3, -0.25) is 0 Å². The van der Waals surface area contributed by atoms with Crippen molar-refractivity contribution in [3.63, 3.8) is 0 Å². The molecule has 0 saturated heterocycles. The summed E-state index contributed by atoms with van der Waals surface area (Å²) in [7, 11) is 0. The van der Waals surface area contributed by atoms with Gasteiger partial charge in [-0.25, -0.2) is 13.2 Å². The van der Waals surface area contributed by atoms with Gasteiger partial charge in [0, 0.05) is 5.69 Å². The summed E-state index contributed by atoms with van der Waals surface area (Å²) in [4.78, 5) is 0. The fraction of sp³-hybridized carbons (Fsp3) is 0.0769. The number of halogens is 3. The van der Waals surface area contributed by atoms with E-state index >= 15 is 0 Å². The summed E-state index contributed by atoms with van der Waals surface area (Å²) in [5.74, 6) is -3.88. The number of nitrogen functional groups attached to an aromatic ring is 1. The maximum atomic E-state index is 13.1. The highest BCUT2D eigenvalue weighted by Crippen LogP contribution is 2.26. The Hall–Kier alpha value is -1.97. The average molecular weight is 237 g/mol. The van der Waals surface area contributed by atoms with Gasteiger partial charge in [0.1, 0.15) is 0 Å². The van der Waals surface area contributed by atoms with Crippen molar-refractivity contribution in [3.8, 4) is 11.1 Å². The summed E-state index contributed by atoms with van der Waals surface area (Å²) in [6.07, 6.45) is 0. The zero-order valence-electron chi connectivity index (χ0n) is 9.10. The number of nitrogens with two attached hydrogens (primary N) is 1. The molecule has 0 spiro atoms. The Bertz CT molecular complexity index is 536. The molecule has 0 saturated carbocycles. The Morgan fingerprint density at radius 1 is 0.824 bits per heavy atom. The van der Waals surface area contributed by atoms with E-state index < -0.39 is 17.5 Å². The molecule has 17 heavy (non-hydrogen) atoms. The van der Waals surface area contributed by atoms with Crippen LogP contribution in [0.1, 0.15) is 5.56 Å².